The quantitative estimate of drug-likeness (QED) is 0.767. The molecule has 100 valence electrons. The molecule has 1 aliphatic heterocycles. The van der Waals surface area contributed by atoms with E-state index in [1.54, 1.807) is 0 Å². The summed E-state index contributed by atoms with van der Waals surface area (Å²) in [6, 6.07) is 0. The molecule has 0 spiro atoms. The molecule has 0 amide bonds. The Balaban J connectivity index is 1.82. The highest BCUT2D eigenvalue weighted by molar-refractivity contribution is 4.98. The Kier molecular flexibility index (Phi) is 4.11. The fourth-order valence-corrected chi connectivity index (χ4v) is 2.97. The first kappa shape index (κ1) is 13.3. The fourth-order valence-electron chi connectivity index (χ4n) is 2.97. The van der Waals surface area contributed by atoms with Crippen molar-refractivity contribution in [2.24, 2.45) is 5.41 Å². The van der Waals surface area contributed by atoms with Gasteiger partial charge in [0.2, 0.25) is 0 Å². The second-order valence-corrected chi connectivity index (χ2v) is 6.29. The molecule has 2 rings (SSSR count). The van der Waals surface area contributed by atoms with Gasteiger partial charge in [-0.2, -0.15) is 0 Å². The van der Waals surface area contributed by atoms with Gasteiger partial charge in [0, 0.05) is 45.4 Å². The lowest BCUT2D eigenvalue weighted by Crippen LogP contribution is -2.59. The van der Waals surface area contributed by atoms with Crippen molar-refractivity contribution in [1.82, 2.24) is 10.2 Å². The highest BCUT2D eigenvalue weighted by atomic mass is 16.5. The van der Waals surface area contributed by atoms with Gasteiger partial charge in [0.05, 0.1) is 0 Å². The van der Waals surface area contributed by atoms with Crippen molar-refractivity contribution >= 4 is 0 Å². The van der Waals surface area contributed by atoms with E-state index < -0.39 is 0 Å². The van der Waals surface area contributed by atoms with Crippen LogP contribution in [0.5, 0.6) is 0 Å². The zero-order valence-corrected chi connectivity index (χ0v) is 11.7. The average Bonchev–Trinajstić information content (AvgIpc) is 3.07. The van der Waals surface area contributed by atoms with Gasteiger partial charge in [-0.25, -0.2) is 0 Å². The molecule has 0 aromatic rings. The maximum Gasteiger partial charge on any atom is 0.0468 e. The molecular weight excluding hydrogens is 212 g/mol. The summed E-state index contributed by atoms with van der Waals surface area (Å²) in [4.78, 5) is 2.67. The zero-order chi connectivity index (χ0) is 12.4. The lowest BCUT2D eigenvalue weighted by atomic mass is 9.94. The summed E-state index contributed by atoms with van der Waals surface area (Å²) < 4.78 is 5.24. The molecule has 1 N–H and O–H groups in total. The average molecular weight is 240 g/mol. The maximum absolute atomic E-state index is 5.24. The molecular formula is C14H28N2O. The fraction of sp³-hybridized carbons (Fsp3) is 1.00. The Bertz CT molecular complexity index is 253. The van der Waals surface area contributed by atoms with Gasteiger partial charge in [0.25, 0.3) is 0 Å². The number of methoxy groups -OCH3 is 1. The maximum atomic E-state index is 5.24. The van der Waals surface area contributed by atoms with Crippen molar-refractivity contribution in [2.45, 2.75) is 45.1 Å². The lowest BCUT2D eigenvalue weighted by molar-refractivity contribution is 0.101. The van der Waals surface area contributed by atoms with Gasteiger partial charge < -0.3 is 10.1 Å². The minimum atomic E-state index is 0.329. The van der Waals surface area contributed by atoms with Crippen LogP contribution in [0.2, 0.25) is 0 Å². The number of hydrogen-bond donors (Lipinski definition) is 1. The van der Waals surface area contributed by atoms with Crippen LogP contribution >= 0.6 is 0 Å². The predicted molar refractivity (Wildman–Crippen MR) is 71.3 cm³/mol. The summed E-state index contributed by atoms with van der Waals surface area (Å²) in [7, 11) is 1.81. The summed E-state index contributed by atoms with van der Waals surface area (Å²) >= 11 is 0. The van der Waals surface area contributed by atoms with Crippen LogP contribution in [0.3, 0.4) is 0 Å². The van der Waals surface area contributed by atoms with Crippen LogP contribution in [0, 0.1) is 5.41 Å². The predicted octanol–water partition coefficient (Wildman–Crippen LogP) is 1.88. The number of rotatable bonds is 6. The van der Waals surface area contributed by atoms with Crippen LogP contribution in [-0.2, 0) is 4.74 Å². The van der Waals surface area contributed by atoms with E-state index in [4.69, 9.17) is 4.74 Å². The van der Waals surface area contributed by atoms with Crippen molar-refractivity contribution in [3.8, 4) is 0 Å². The molecule has 3 heteroatoms. The Morgan fingerprint density at radius 3 is 2.71 bits per heavy atom. The standard InChI is InChI=1S/C14H28N2O/c1-4-13(2)11-16(9-8-15-13)12-14(5-6-14)7-10-17-3/h15H,4-12H2,1-3H3. The molecule has 1 saturated carbocycles. The number of piperazine rings is 1. The molecule has 17 heavy (non-hydrogen) atoms. The number of ether oxygens (including phenoxy) is 1. The molecule has 3 nitrogen and oxygen atoms in total. The van der Waals surface area contributed by atoms with Crippen LogP contribution in [0.1, 0.15) is 39.5 Å². The molecule has 0 radical (unpaired) electrons. The summed E-state index contributed by atoms with van der Waals surface area (Å²) in [5.41, 5.74) is 0.928. The summed E-state index contributed by atoms with van der Waals surface area (Å²) in [5.74, 6) is 0. The minimum Gasteiger partial charge on any atom is -0.385 e. The van der Waals surface area contributed by atoms with Gasteiger partial charge in [0.15, 0.2) is 0 Å². The summed E-state index contributed by atoms with van der Waals surface area (Å²) in [6.07, 6.45) is 5.27. The van der Waals surface area contributed by atoms with E-state index in [2.05, 4.69) is 24.1 Å². The number of nitrogens with one attached hydrogen (secondary N) is 1. The first-order chi connectivity index (χ1) is 8.11. The van der Waals surface area contributed by atoms with E-state index in [1.165, 1.54) is 45.3 Å². The monoisotopic (exact) mass is 240 g/mol. The largest absolute Gasteiger partial charge is 0.385 e. The van der Waals surface area contributed by atoms with Gasteiger partial charge in [-0.05, 0) is 38.0 Å². The van der Waals surface area contributed by atoms with E-state index >= 15 is 0 Å². The molecule has 0 bridgehead atoms. The molecule has 1 aliphatic carbocycles. The SMILES string of the molecule is CCC1(C)CN(CC2(CCOC)CC2)CCN1. The van der Waals surface area contributed by atoms with Crippen molar-refractivity contribution in [2.75, 3.05) is 39.9 Å². The minimum absolute atomic E-state index is 0.329. The highest BCUT2D eigenvalue weighted by Gasteiger charge is 2.44. The van der Waals surface area contributed by atoms with Gasteiger partial charge in [-0.15, -0.1) is 0 Å². The van der Waals surface area contributed by atoms with Crippen LogP contribution < -0.4 is 5.32 Å². The Labute approximate surface area is 106 Å². The van der Waals surface area contributed by atoms with E-state index in [1.807, 2.05) is 7.11 Å². The van der Waals surface area contributed by atoms with Gasteiger partial charge in [-0.1, -0.05) is 6.92 Å². The number of nitrogens with zero attached hydrogens (tertiary/aromatic N) is 1. The molecule has 2 aliphatic rings. The van der Waals surface area contributed by atoms with Crippen LogP contribution in [0.25, 0.3) is 0 Å². The highest BCUT2D eigenvalue weighted by Crippen LogP contribution is 2.49. The smallest absolute Gasteiger partial charge is 0.0468 e. The second kappa shape index (κ2) is 5.25. The number of hydrogen-bond acceptors (Lipinski definition) is 3. The van der Waals surface area contributed by atoms with Gasteiger partial charge in [0.1, 0.15) is 0 Å². The molecule has 0 aromatic heterocycles. The van der Waals surface area contributed by atoms with E-state index in [-0.39, 0.29) is 0 Å². The Morgan fingerprint density at radius 1 is 1.35 bits per heavy atom. The first-order valence-electron chi connectivity index (χ1n) is 7.08. The molecule has 1 heterocycles. The van der Waals surface area contributed by atoms with Gasteiger partial charge in [-0.3, -0.25) is 4.90 Å². The van der Waals surface area contributed by atoms with Crippen LogP contribution in [-0.4, -0.2) is 50.3 Å². The molecule has 0 aromatic carbocycles. The van der Waals surface area contributed by atoms with E-state index in [0.717, 1.165) is 13.2 Å². The van der Waals surface area contributed by atoms with Crippen molar-refractivity contribution in [3.63, 3.8) is 0 Å². The Hall–Kier alpha value is -0.120. The first-order valence-corrected chi connectivity index (χ1v) is 7.08. The third kappa shape index (κ3) is 3.43. The van der Waals surface area contributed by atoms with E-state index in [0.29, 0.717) is 11.0 Å². The topological polar surface area (TPSA) is 24.5 Å². The normalized spacial score (nSPS) is 32.6. The Morgan fingerprint density at radius 2 is 2.12 bits per heavy atom. The van der Waals surface area contributed by atoms with Crippen LogP contribution in [0.15, 0.2) is 0 Å². The zero-order valence-electron chi connectivity index (χ0n) is 11.7. The molecule has 1 saturated heterocycles. The molecule has 2 fully saturated rings. The van der Waals surface area contributed by atoms with Crippen LogP contribution in [0.4, 0.5) is 0 Å². The lowest BCUT2D eigenvalue weighted by Gasteiger charge is -2.42. The van der Waals surface area contributed by atoms with Crippen molar-refractivity contribution < 1.29 is 4.74 Å². The van der Waals surface area contributed by atoms with E-state index in [9.17, 15) is 0 Å². The third-order valence-electron chi connectivity index (χ3n) is 4.69. The molecule has 1 unspecified atom stereocenters. The van der Waals surface area contributed by atoms with Crippen molar-refractivity contribution in [1.29, 1.82) is 0 Å². The summed E-state index contributed by atoms with van der Waals surface area (Å²) in [6.45, 7) is 10.4. The second-order valence-electron chi connectivity index (χ2n) is 6.29. The summed E-state index contributed by atoms with van der Waals surface area (Å²) in [5, 5.41) is 3.66. The molecule has 1 atom stereocenters. The van der Waals surface area contributed by atoms with Crippen molar-refractivity contribution in [3.05, 3.63) is 0 Å². The van der Waals surface area contributed by atoms with Gasteiger partial charge >= 0.3 is 0 Å². The third-order valence-corrected chi connectivity index (χ3v) is 4.69.